The van der Waals surface area contributed by atoms with Gasteiger partial charge in [-0.25, -0.2) is 9.37 Å². The third kappa shape index (κ3) is 2.56. The Balaban J connectivity index is 2.19. The van der Waals surface area contributed by atoms with Crippen LogP contribution in [0.25, 0.3) is 22.4 Å². The Labute approximate surface area is 129 Å². The monoisotopic (exact) mass is 297 g/mol. The highest BCUT2D eigenvalue weighted by Crippen LogP contribution is 2.28. The van der Waals surface area contributed by atoms with Crippen LogP contribution in [0.3, 0.4) is 0 Å². The molecule has 0 aliphatic rings. The van der Waals surface area contributed by atoms with E-state index in [1.54, 1.807) is 6.07 Å². The minimum absolute atomic E-state index is 0.261. The molecule has 0 fully saturated rings. The van der Waals surface area contributed by atoms with Crippen molar-refractivity contribution < 1.29 is 4.39 Å². The first-order valence-electron chi connectivity index (χ1n) is 7.62. The molecule has 3 rings (SSSR count). The normalized spacial score (nSPS) is 11.2. The number of unbranched alkanes of at least 4 members (excludes halogenated alkanes) is 1. The predicted octanol–water partition coefficient (Wildman–Crippen LogP) is 4.53. The first kappa shape index (κ1) is 14.6. The van der Waals surface area contributed by atoms with Gasteiger partial charge in [-0.15, -0.1) is 0 Å². The van der Waals surface area contributed by atoms with Crippen LogP contribution in [0.15, 0.2) is 36.4 Å². The standard InChI is InChI=1S/C18H20FN3/c1-3-4-9-22-17-8-7-14(19)11-16(17)21-18(22)13-6-5-12(2)15(20)10-13/h5-8,10-11H,3-4,9,20H2,1-2H3. The molecular weight excluding hydrogens is 277 g/mol. The van der Waals surface area contributed by atoms with Crippen molar-refractivity contribution in [2.45, 2.75) is 33.2 Å². The molecule has 0 saturated carbocycles. The van der Waals surface area contributed by atoms with Crippen molar-refractivity contribution in [3.05, 3.63) is 47.8 Å². The van der Waals surface area contributed by atoms with E-state index in [-0.39, 0.29) is 5.82 Å². The zero-order chi connectivity index (χ0) is 15.7. The minimum atomic E-state index is -0.261. The summed E-state index contributed by atoms with van der Waals surface area (Å²) in [4.78, 5) is 4.63. The van der Waals surface area contributed by atoms with Crippen molar-refractivity contribution in [1.82, 2.24) is 9.55 Å². The summed E-state index contributed by atoms with van der Waals surface area (Å²) in [5.74, 6) is 0.586. The number of nitrogens with two attached hydrogens (primary N) is 1. The lowest BCUT2D eigenvalue weighted by Crippen LogP contribution is -2.01. The van der Waals surface area contributed by atoms with Crippen LogP contribution in [0.1, 0.15) is 25.3 Å². The van der Waals surface area contributed by atoms with E-state index in [0.717, 1.165) is 47.5 Å². The van der Waals surface area contributed by atoms with Gasteiger partial charge in [-0.3, -0.25) is 0 Å². The van der Waals surface area contributed by atoms with E-state index < -0.39 is 0 Å². The zero-order valence-electron chi connectivity index (χ0n) is 12.9. The van der Waals surface area contributed by atoms with Gasteiger partial charge in [0.05, 0.1) is 11.0 Å². The van der Waals surface area contributed by atoms with Crippen molar-refractivity contribution in [2.24, 2.45) is 0 Å². The number of nitrogen functional groups attached to an aromatic ring is 1. The smallest absolute Gasteiger partial charge is 0.141 e. The Hall–Kier alpha value is -2.36. The fourth-order valence-corrected chi connectivity index (χ4v) is 2.65. The number of nitrogens with zero attached hydrogens (tertiary/aromatic N) is 2. The van der Waals surface area contributed by atoms with Gasteiger partial charge in [-0.2, -0.15) is 0 Å². The predicted molar refractivity (Wildman–Crippen MR) is 89.2 cm³/mol. The molecule has 0 radical (unpaired) electrons. The molecule has 114 valence electrons. The van der Waals surface area contributed by atoms with Crippen molar-refractivity contribution in [3.8, 4) is 11.4 Å². The number of halogens is 1. The lowest BCUT2D eigenvalue weighted by Gasteiger charge is -2.10. The van der Waals surface area contributed by atoms with Crippen molar-refractivity contribution >= 4 is 16.7 Å². The van der Waals surface area contributed by atoms with Crippen molar-refractivity contribution in [1.29, 1.82) is 0 Å². The van der Waals surface area contributed by atoms with Crippen LogP contribution in [0.5, 0.6) is 0 Å². The highest BCUT2D eigenvalue weighted by Gasteiger charge is 2.13. The number of imidazole rings is 1. The lowest BCUT2D eigenvalue weighted by atomic mass is 10.1. The van der Waals surface area contributed by atoms with E-state index in [1.165, 1.54) is 12.1 Å². The number of hydrogen-bond donors (Lipinski definition) is 1. The molecule has 0 spiro atoms. The fraction of sp³-hybridized carbons (Fsp3) is 0.278. The summed E-state index contributed by atoms with van der Waals surface area (Å²) < 4.78 is 15.6. The number of anilines is 1. The maximum absolute atomic E-state index is 13.5. The van der Waals surface area contributed by atoms with E-state index in [4.69, 9.17) is 5.73 Å². The van der Waals surface area contributed by atoms with Crippen molar-refractivity contribution in [3.63, 3.8) is 0 Å². The molecule has 0 atom stereocenters. The van der Waals surface area contributed by atoms with Gasteiger partial charge in [-0.1, -0.05) is 25.5 Å². The molecule has 1 aromatic heterocycles. The largest absolute Gasteiger partial charge is 0.398 e. The SMILES string of the molecule is CCCCn1c(-c2ccc(C)c(N)c2)nc2cc(F)ccc21. The van der Waals surface area contributed by atoms with E-state index in [1.807, 2.05) is 25.1 Å². The molecule has 0 amide bonds. The van der Waals surface area contributed by atoms with Crippen LogP contribution >= 0.6 is 0 Å². The Morgan fingerprint density at radius 3 is 2.73 bits per heavy atom. The number of benzene rings is 2. The van der Waals surface area contributed by atoms with Crippen molar-refractivity contribution in [2.75, 3.05) is 5.73 Å². The Morgan fingerprint density at radius 1 is 1.18 bits per heavy atom. The quantitative estimate of drug-likeness (QED) is 0.719. The average molecular weight is 297 g/mol. The maximum atomic E-state index is 13.5. The first-order valence-corrected chi connectivity index (χ1v) is 7.62. The molecule has 4 heteroatoms. The Morgan fingerprint density at radius 2 is 2.00 bits per heavy atom. The number of hydrogen-bond acceptors (Lipinski definition) is 2. The number of fused-ring (bicyclic) bond motifs is 1. The molecule has 0 saturated heterocycles. The van der Waals surface area contributed by atoms with E-state index in [0.29, 0.717) is 5.52 Å². The second-order valence-corrected chi connectivity index (χ2v) is 5.65. The third-order valence-electron chi connectivity index (χ3n) is 3.98. The van der Waals surface area contributed by atoms with Crippen LogP contribution in [-0.2, 0) is 6.54 Å². The molecule has 0 bridgehead atoms. The first-order chi connectivity index (χ1) is 10.6. The second kappa shape index (κ2) is 5.79. The minimum Gasteiger partial charge on any atom is -0.398 e. The molecule has 22 heavy (non-hydrogen) atoms. The van der Waals surface area contributed by atoms with Crippen LogP contribution in [0, 0.1) is 12.7 Å². The summed E-state index contributed by atoms with van der Waals surface area (Å²) in [5, 5.41) is 0. The molecule has 1 heterocycles. The molecule has 3 nitrogen and oxygen atoms in total. The van der Waals surface area contributed by atoms with Gasteiger partial charge in [0.2, 0.25) is 0 Å². The highest BCUT2D eigenvalue weighted by atomic mass is 19.1. The molecule has 0 aliphatic heterocycles. The summed E-state index contributed by atoms with van der Waals surface area (Å²) in [7, 11) is 0. The Bertz CT molecular complexity index is 821. The third-order valence-corrected chi connectivity index (χ3v) is 3.98. The van der Waals surface area contributed by atoms with Gasteiger partial charge in [0.1, 0.15) is 11.6 Å². The summed E-state index contributed by atoms with van der Waals surface area (Å²) in [6.07, 6.45) is 2.15. The summed E-state index contributed by atoms with van der Waals surface area (Å²) in [6.45, 7) is 5.00. The molecule has 3 aromatic rings. The van der Waals surface area contributed by atoms with Gasteiger partial charge in [0, 0.05) is 23.9 Å². The molecular formula is C18H20FN3. The number of rotatable bonds is 4. The topological polar surface area (TPSA) is 43.8 Å². The maximum Gasteiger partial charge on any atom is 0.141 e. The van der Waals surface area contributed by atoms with E-state index >= 15 is 0 Å². The average Bonchev–Trinajstić information content (AvgIpc) is 2.85. The molecule has 0 unspecified atom stereocenters. The van der Waals surface area contributed by atoms with Crippen LogP contribution < -0.4 is 5.73 Å². The lowest BCUT2D eigenvalue weighted by molar-refractivity contribution is 0.628. The van der Waals surface area contributed by atoms with E-state index in [9.17, 15) is 4.39 Å². The van der Waals surface area contributed by atoms with E-state index in [2.05, 4.69) is 16.5 Å². The summed E-state index contributed by atoms with van der Waals surface area (Å²) in [6, 6.07) is 10.7. The van der Waals surface area contributed by atoms with Gasteiger partial charge in [-0.05, 0) is 37.1 Å². The fourth-order valence-electron chi connectivity index (χ4n) is 2.65. The van der Waals surface area contributed by atoms with Crippen LogP contribution in [0.2, 0.25) is 0 Å². The summed E-state index contributed by atoms with van der Waals surface area (Å²) in [5.41, 5.74) is 10.4. The number of aromatic nitrogens is 2. The van der Waals surface area contributed by atoms with Crippen LogP contribution in [-0.4, -0.2) is 9.55 Å². The zero-order valence-corrected chi connectivity index (χ0v) is 12.9. The van der Waals surface area contributed by atoms with Gasteiger partial charge < -0.3 is 10.3 Å². The second-order valence-electron chi connectivity index (χ2n) is 5.65. The Kier molecular flexibility index (Phi) is 3.84. The molecule has 2 N–H and O–H groups in total. The molecule has 0 aliphatic carbocycles. The number of aryl methyl sites for hydroxylation is 2. The summed E-state index contributed by atoms with van der Waals surface area (Å²) >= 11 is 0. The van der Waals surface area contributed by atoms with Gasteiger partial charge >= 0.3 is 0 Å². The van der Waals surface area contributed by atoms with Gasteiger partial charge in [0.25, 0.3) is 0 Å². The van der Waals surface area contributed by atoms with Crippen LogP contribution in [0.4, 0.5) is 10.1 Å². The van der Waals surface area contributed by atoms with Gasteiger partial charge in [0.15, 0.2) is 0 Å². The highest BCUT2D eigenvalue weighted by molar-refractivity contribution is 5.81. The molecule has 2 aromatic carbocycles.